The number of aromatic nitrogens is 5. The van der Waals surface area contributed by atoms with Crippen LogP contribution in [0.5, 0.6) is 0 Å². The molecule has 0 spiro atoms. The first-order valence-electron chi connectivity index (χ1n) is 13.2. The summed E-state index contributed by atoms with van der Waals surface area (Å²) >= 11 is 5.64. The Morgan fingerprint density at radius 1 is 1.08 bits per heavy atom. The van der Waals surface area contributed by atoms with Crippen LogP contribution in [0.25, 0.3) is 22.3 Å². The molecule has 0 aliphatic heterocycles. The van der Waals surface area contributed by atoms with Crippen molar-refractivity contribution < 1.29 is 4.84 Å². The van der Waals surface area contributed by atoms with Crippen molar-refractivity contribution in [3.63, 3.8) is 0 Å². The Morgan fingerprint density at radius 2 is 1.86 bits per heavy atom. The summed E-state index contributed by atoms with van der Waals surface area (Å²) in [5, 5.41) is 5.78. The number of nitrogens with zero attached hydrogens (tertiary/aromatic N) is 5. The van der Waals surface area contributed by atoms with E-state index in [0.29, 0.717) is 12.6 Å². The monoisotopic (exact) mass is 597 g/mol. The zero-order chi connectivity index (χ0) is 26.0. The standard InChI is InChI=1S/C28H36BrN5OSSi/c1-20-31-27(24-13-14-34(28(24)32-20)35-15-16-37(2,3)4)22-17-30-33(18-22)23-11-9-21(10-12-23)19-36-26-8-6-5-7-25(26)29/h5-8,13-14,17-18,21,23H,9-12,15-16,19H2,1-4H3/t21-,23+. The summed E-state index contributed by atoms with van der Waals surface area (Å²) in [6, 6.07) is 12.1. The summed E-state index contributed by atoms with van der Waals surface area (Å²) in [6.07, 6.45) is 10.9. The van der Waals surface area contributed by atoms with Crippen molar-refractivity contribution in [3.8, 4) is 11.3 Å². The third kappa shape index (κ3) is 6.49. The van der Waals surface area contributed by atoms with Crippen molar-refractivity contribution in [2.75, 3.05) is 12.4 Å². The molecular formula is C28H36BrN5OSSi. The summed E-state index contributed by atoms with van der Waals surface area (Å²) in [6.45, 7) is 9.74. The van der Waals surface area contributed by atoms with Gasteiger partial charge in [-0.3, -0.25) is 4.68 Å². The molecule has 0 radical (unpaired) electrons. The van der Waals surface area contributed by atoms with E-state index < -0.39 is 8.07 Å². The van der Waals surface area contributed by atoms with E-state index >= 15 is 0 Å². The molecule has 5 rings (SSSR count). The number of hydrogen-bond acceptors (Lipinski definition) is 5. The normalized spacial score (nSPS) is 18.4. The van der Waals surface area contributed by atoms with Gasteiger partial charge in [0.25, 0.3) is 0 Å². The molecule has 3 heterocycles. The van der Waals surface area contributed by atoms with Crippen LogP contribution in [0.2, 0.25) is 25.7 Å². The molecule has 1 fully saturated rings. The number of thioether (sulfide) groups is 1. The minimum Gasteiger partial charge on any atom is -0.413 e. The molecule has 6 nitrogen and oxygen atoms in total. The van der Waals surface area contributed by atoms with Gasteiger partial charge in [-0.25, -0.2) is 9.97 Å². The second-order valence-corrected chi connectivity index (χ2v) is 18.8. The van der Waals surface area contributed by atoms with Crippen LogP contribution in [0.15, 0.2) is 58.3 Å². The van der Waals surface area contributed by atoms with E-state index in [1.807, 2.05) is 35.8 Å². The maximum Gasteiger partial charge on any atom is 0.179 e. The number of rotatable bonds is 9. The van der Waals surface area contributed by atoms with E-state index in [2.05, 4.69) is 76.8 Å². The van der Waals surface area contributed by atoms with Gasteiger partial charge in [0.05, 0.1) is 17.9 Å². The fraction of sp³-hybridized carbons (Fsp3) is 0.464. The molecule has 4 aromatic rings. The Labute approximate surface area is 233 Å². The lowest BCUT2D eigenvalue weighted by molar-refractivity contribution is 0.130. The van der Waals surface area contributed by atoms with Crippen LogP contribution in [-0.2, 0) is 0 Å². The number of benzene rings is 1. The topological polar surface area (TPSA) is 57.8 Å². The second kappa shape index (κ2) is 11.3. The molecule has 0 bridgehead atoms. The first kappa shape index (κ1) is 26.5. The van der Waals surface area contributed by atoms with Gasteiger partial charge in [-0.1, -0.05) is 31.8 Å². The summed E-state index contributed by atoms with van der Waals surface area (Å²) in [5.41, 5.74) is 2.80. The minimum absolute atomic E-state index is 0.450. The third-order valence-electron chi connectivity index (χ3n) is 7.08. The predicted molar refractivity (Wildman–Crippen MR) is 159 cm³/mol. The summed E-state index contributed by atoms with van der Waals surface area (Å²) in [4.78, 5) is 16.9. The van der Waals surface area contributed by atoms with Gasteiger partial charge in [-0.15, -0.1) is 11.8 Å². The first-order chi connectivity index (χ1) is 17.8. The lowest BCUT2D eigenvalue weighted by Gasteiger charge is -2.28. The van der Waals surface area contributed by atoms with Crippen LogP contribution in [-0.4, -0.2) is 44.9 Å². The maximum atomic E-state index is 6.08. The Hall–Kier alpha value is -2.10. The maximum absolute atomic E-state index is 6.08. The van der Waals surface area contributed by atoms with Gasteiger partial charge >= 0.3 is 0 Å². The van der Waals surface area contributed by atoms with E-state index in [1.54, 1.807) is 0 Å². The molecule has 196 valence electrons. The number of hydrogen-bond donors (Lipinski definition) is 0. The smallest absolute Gasteiger partial charge is 0.179 e. The van der Waals surface area contributed by atoms with E-state index in [4.69, 9.17) is 19.9 Å². The van der Waals surface area contributed by atoms with E-state index in [9.17, 15) is 0 Å². The predicted octanol–water partition coefficient (Wildman–Crippen LogP) is 7.66. The van der Waals surface area contributed by atoms with Gasteiger partial charge in [0.15, 0.2) is 5.65 Å². The fourth-order valence-electron chi connectivity index (χ4n) is 4.88. The van der Waals surface area contributed by atoms with Gasteiger partial charge in [0, 0.05) is 46.5 Å². The Kier molecular flexibility index (Phi) is 8.12. The number of aryl methyl sites for hydroxylation is 1. The zero-order valence-corrected chi connectivity index (χ0v) is 25.6. The highest BCUT2D eigenvalue weighted by atomic mass is 79.9. The molecule has 0 saturated heterocycles. The van der Waals surface area contributed by atoms with Gasteiger partial charge < -0.3 is 4.84 Å². The van der Waals surface area contributed by atoms with E-state index in [1.165, 1.54) is 40.8 Å². The molecule has 0 unspecified atom stereocenters. The molecule has 37 heavy (non-hydrogen) atoms. The molecule has 1 aliphatic carbocycles. The molecule has 9 heteroatoms. The molecule has 1 saturated carbocycles. The highest BCUT2D eigenvalue weighted by molar-refractivity contribution is 9.10. The Balaban J connectivity index is 1.24. The molecule has 0 amide bonds. The largest absolute Gasteiger partial charge is 0.413 e. The number of fused-ring (bicyclic) bond motifs is 1. The molecule has 0 N–H and O–H groups in total. The Morgan fingerprint density at radius 3 is 2.62 bits per heavy atom. The van der Waals surface area contributed by atoms with Crippen molar-refractivity contribution >= 4 is 46.8 Å². The van der Waals surface area contributed by atoms with Crippen molar-refractivity contribution in [3.05, 3.63) is 59.2 Å². The van der Waals surface area contributed by atoms with Crippen LogP contribution < -0.4 is 4.84 Å². The third-order valence-corrected chi connectivity index (χ3v) is 11.0. The van der Waals surface area contributed by atoms with Gasteiger partial charge in [-0.2, -0.15) is 9.83 Å². The SMILES string of the molecule is Cc1nc(-c2cnn([C@H]3CC[C@@H](CSc4ccccc4Br)CC3)c2)c2ccn(OCC[Si](C)(C)C)c2n1. The second-order valence-electron chi connectivity index (χ2n) is 11.3. The average molecular weight is 599 g/mol. The Bertz CT molecular complexity index is 1360. The quantitative estimate of drug-likeness (QED) is 0.146. The van der Waals surface area contributed by atoms with Crippen LogP contribution in [0.4, 0.5) is 0 Å². The van der Waals surface area contributed by atoms with Gasteiger partial charge in [-0.05, 0) is 78.7 Å². The molecule has 1 aliphatic rings. The molecular weight excluding hydrogens is 562 g/mol. The first-order valence-corrected chi connectivity index (χ1v) is 18.7. The summed E-state index contributed by atoms with van der Waals surface area (Å²) < 4.78 is 5.17. The summed E-state index contributed by atoms with van der Waals surface area (Å²) in [7, 11) is -1.16. The van der Waals surface area contributed by atoms with Gasteiger partial charge in [0.2, 0.25) is 0 Å². The van der Waals surface area contributed by atoms with Crippen molar-refractivity contribution in [1.29, 1.82) is 0 Å². The van der Waals surface area contributed by atoms with E-state index in [-0.39, 0.29) is 0 Å². The summed E-state index contributed by atoms with van der Waals surface area (Å²) in [5.74, 6) is 2.68. The van der Waals surface area contributed by atoms with E-state index in [0.717, 1.165) is 40.1 Å². The average Bonchev–Trinajstić information content (AvgIpc) is 3.51. The number of halogens is 1. The van der Waals surface area contributed by atoms with Crippen LogP contribution >= 0.6 is 27.7 Å². The lowest BCUT2D eigenvalue weighted by Crippen LogP contribution is -2.25. The molecule has 1 aromatic carbocycles. The lowest BCUT2D eigenvalue weighted by atomic mass is 9.87. The van der Waals surface area contributed by atoms with Crippen molar-refractivity contribution in [2.24, 2.45) is 5.92 Å². The molecule has 3 aromatic heterocycles. The van der Waals surface area contributed by atoms with Crippen LogP contribution in [0.3, 0.4) is 0 Å². The molecule has 0 atom stereocenters. The van der Waals surface area contributed by atoms with Gasteiger partial charge in [0.1, 0.15) is 12.4 Å². The van der Waals surface area contributed by atoms with Crippen molar-refractivity contribution in [2.45, 2.75) is 69.2 Å². The van der Waals surface area contributed by atoms with Crippen LogP contribution in [0.1, 0.15) is 37.5 Å². The minimum atomic E-state index is -1.16. The zero-order valence-electron chi connectivity index (χ0n) is 22.2. The fourth-order valence-corrected chi connectivity index (χ4v) is 7.34. The van der Waals surface area contributed by atoms with Crippen LogP contribution in [0, 0.1) is 12.8 Å². The highest BCUT2D eigenvalue weighted by Gasteiger charge is 2.24. The van der Waals surface area contributed by atoms with Crippen molar-refractivity contribution in [1.82, 2.24) is 24.5 Å². The highest BCUT2D eigenvalue weighted by Crippen LogP contribution is 2.37.